The van der Waals surface area contributed by atoms with Gasteiger partial charge in [0.2, 0.25) is 0 Å². The van der Waals surface area contributed by atoms with Crippen LogP contribution in [0.1, 0.15) is 20.3 Å². The molecule has 0 aliphatic heterocycles. The van der Waals surface area contributed by atoms with Crippen molar-refractivity contribution in [3.8, 4) is 5.75 Å². The first kappa shape index (κ1) is 13.3. The Balaban J connectivity index is 2.43. The average molecular weight is 242 g/mol. The second-order valence-corrected chi connectivity index (χ2v) is 4.82. The topological polar surface area (TPSA) is 21.3 Å². The lowest BCUT2D eigenvalue weighted by molar-refractivity contribution is 0.251. The van der Waals surface area contributed by atoms with Crippen LogP contribution in [0.15, 0.2) is 24.3 Å². The molecule has 16 heavy (non-hydrogen) atoms. The fourth-order valence-corrected chi connectivity index (χ4v) is 1.77. The Labute approximate surface area is 103 Å². The van der Waals surface area contributed by atoms with Crippen molar-refractivity contribution in [2.24, 2.45) is 5.92 Å². The molecule has 0 heterocycles. The molecule has 3 heteroatoms. The number of hydrogen-bond acceptors (Lipinski definition) is 2. The van der Waals surface area contributed by atoms with Crippen LogP contribution >= 0.6 is 11.6 Å². The first-order chi connectivity index (χ1) is 7.61. The highest BCUT2D eigenvalue weighted by atomic mass is 35.5. The van der Waals surface area contributed by atoms with Gasteiger partial charge in [-0.2, -0.15) is 0 Å². The smallest absolute Gasteiger partial charge is 0.120 e. The number of halogens is 1. The summed E-state index contributed by atoms with van der Waals surface area (Å²) >= 11 is 5.88. The number of likely N-dealkylation sites (N-methyl/N-ethyl adjacent to an activating group) is 1. The molecule has 1 aromatic carbocycles. The summed E-state index contributed by atoms with van der Waals surface area (Å²) in [7, 11) is 1.97. The fraction of sp³-hybridized carbons (Fsp3) is 0.538. The van der Waals surface area contributed by atoms with Crippen LogP contribution in [0.25, 0.3) is 0 Å². The molecule has 0 saturated heterocycles. The van der Waals surface area contributed by atoms with Crippen molar-refractivity contribution in [1.82, 2.24) is 5.32 Å². The van der Waals surface area contributed by atoms with Crippen LogP contribution in [0, 0.1) is 5.92 Å². The summed E-state index contributed by atoms with van der Waals surface area (Å²) in [4.78, 5) is 0. The summed E-state index contributed by atoms with van der Waals surface area (Å²) in [5, 5.41) is 3.97. The zero-order valence-corrected chi connectivity index (χ0v) is 10.9. The van der Waals surface area contributed by atoms with E-state index in [4.69, 9.17) is 16.3 Å². The first-order valence-electron chi connectivity index (χ1n) is 5.67. The van der Waals surface area contributed by atoms with E-state index in [0.717, 1.165) is 12.2 Å². The molecule has 0 radical (unpaired) electrons. The van der Waals surface area contributed by atoms with Crippen molar-refractivity contribution in [2.75, 3.05) is 13.7 Å². The third-order valence-corrected chi connectivity index (χ3v) is 2.65. The van der Waals surface area contributed by atoms with Crippen LogP contribution in [-0.4, -0.2) is 19.7 Å². The van der Waals surface area contributed by atoms with Crippen molar-refractivity contribution < 1.29 is 4.74 Å². The molecular formula is C13H20ClNO. The molecule has 1 unspecified atom stereocenters. The monoisotopic (exact) mass is 241 g/mol. The van der Waals surface area contributed by atoms with Gasteiger partial charge in [-0.1, -0.05) is 31.5 Å². The number of benzene rings is 1. The minimum atomic E-state index is 0.388. The van der Waals surface area contributed by atoms with E-state index >= 15 is 0 Å². The van der Waals surface area contributed by atoms with Crippen molar-refractivity contribution in [3.05, 3.63) is 29.3 Å². The zero-order chi connectivity index (χ0) is 12.0. The van der Waals surface area contributed by atoms with Crippen LogP contribution in [0.2, 0.25) is 5.02 Å². The number of rotatable bonds is 6. The highest BCUT2D eigenvalue weighted by Gasteiger charge is 2.09. The summed E-state index contributed by atoms with van der Waals surface area (Å²) < 4.78 is 5.69. The molecule has 0 amide bonds. The second-order valence-electron chi connectivity index (χ2n) is 4.38. The standard InChI is InChI=1S/C13H20ClNO/c1-10(2)7-12(15-3)9-16-13-6-4-5-11(14)8-13/h4-6,8,10,12,15H,7,9H2,1-3H3. The van der Waals surface area contributed by atoms with Crippen molar-refractivity contribution in [3.63, 3.8) is 0 Å². The molecule has 1 atom stereocenters. The summed E-state index contributed by atoms with van der Waals surface area (Å²) in [6.07, 6.45) is 1.11. The summed E-state index contributed by atoms with van der Waals surface area (Å²) in [6.45, 7) is 5.10. The zero-order valence-electron chi connectivity index (χ0n) is 10.2. The van der Waals surface area contributed by atoms with Gasteiger partial charge in [-0.15, -0.1) is 0 Å². The predicted molar refractivity (Wildman–Crippen MR) is 69.2 cm³/mol. The Bertz CT molecular complexity index is 315. The van der Waals surface area contributed by atoms with Gasteiger partial charge in [-0.3, -0.25) is 0 Å². The minimum Gasteiger partial charge on any atom is -0.492 e. The first-order valence-corrected chi connectivity index (χ1v) is 6.05. The molecule has 2 nitrogen and oxygen atoms in total. The largest absolute Gasteiger partial charge is 0.492 e. The van der Waals surface area contributed by atoms with Gasteiger partial charge in [-0.25, -0.2) is 0 Å². The summed E-state index contributed by atoms with van der Waals surface area (Å²) in [5.74, 6) is 1.50. The van der Waals surface area contributed by atoms with Crippen LogP contribution in [0.3, 0.4) is 0 Å². The molecule has 0 fully saturated rings. The van der Waals surface area contributed by atoms with E-state index in [0.29, 0.717) is 23.6 Å². The van der Waals surface area contributed by atoms with E-state index in [1.165, 1.54) is 0 Å². The lowest BCUT2D eigenvalue weighted by Gasteiger charge is -2.18. The van der Waals surface area contributed by atoms with Gasteiger partial charge in [0.1, 0.15) is 12.4 Å². The molecule has 1 aromatic rings. The minimum absolute atomic E-state index is 0.388. The third kappa shape index (κ3) is 4.86. The van der Waals surface area contributed by atoms with Crippen LogP contribution in [0.5, 0.6) is 5.75 Å². The van der Waals surface area contributed by atoms with Crippen molar-refractivity contribution in [1.29, 1.82) is 0 Å². The molecule has 0 aliphatic rings. The fourth-order valence-electron chi connectivity index (χ4n) is 1.59. The van der Waals surface area contributed by atoms with Gasteiger partial charge < -0.3 is 10.1 Å². The van der Waals surface area contributed by atoms with E-state index < -0.39 is 0 Å². The van der Waals surface area contributed by atoms with Gasteiger partial charge in [0, 0.05) is 11.1 Å². The molecule has 0 spiro atoms. The maximum absolute atomic E-state index is 5.88. The van der Waals surface area contributed by atoms with E-state index in [1.54, 1.807) is 0 Å². The van der Waals surface area contributed by atoms with E-state index in [9.17, 15) is 0 Å². The molecule has 1 N–H and O–H groups in total. The maximum Gasteiger partial charge on any atom is 0.120 e. The third-order valence-electron chi connectivity index (χ3n) is 2.41. The molecule has 1 rings (SSSR count). The average Bonchev–Trinajstić information content (AvgIpc) is 2.24. The Hall–Kier alpha value is -0.730. The highest BCUT2D eigenvalue weighted by Crippen LogP contribution is 2.17. The quantitative estimate of drug-likeness (QED) is 0.825. The van der Waals surface area contributed by atoms with Gasteiger partial charge in [0.25, 0.3) is 0 Å². The normalized spacial score (nSPS) is 12.8. The predicted octanol–water partition coefficient (Wildman–Crippen LogP) is 3.35. The van der Waals surface area contributed by atoms with Gasteiger partial charge in [0.15, 0.2) is 0 Å². The van der Waals surface area contributed by atoms with Gasteiger partial charge in [0.05, 0.1) is 0 Å². The molecule has 0 aliphatic carbocycles. The van der Waals surface area contributed by atoms with E-state index in [1.807, 2.05) is 31.3 Å². The number of ether oxygens (including phenoxy) is 1. The molecule has 0 bridgehead atoms. The van der Waals surface area contributed by atoms with E-state index in [2.05, 4.69) is 19.2 Å². The molecule has 90 valence electrons. The van der Waals surface area contributed by atoms with Crippen LogP contribution in [0.4, 0.5) is 0 Å². The van der Waals surface area contributed by atoms with Crippen molar-refractivity contribution >= 4 is 11.6 Å². The lowest BCUT2D eigenvalue weighted by atomic mass is 10.0. The SMILES string of the molecule is CNC(COc1cccc(Cl)c1)CC(C)C. The summed E-state index contributed by atoms with van der Waals surface area (Å²) in [5.41, 5.74) is 0. The Morgan fingerprint density at radius 3 is 2.69 bits per heavy atom. The summed E-state index contributed by atoms with van der Waals surface area (Å²) in [6, 6.07) is 7.89. The number of hydrogen-bond donors (Lipinski definition) is 1. The molecule has 0 aromatic heterocycles. The Morgan fingerprint density at radius 1 is 1.38 bits per heavy atom. The highest BCUT2D eigenvalue weighted by molar-refractivity contribution is 6.30. The van der Waals surface area contributed by atoms with Gasteiger partial charge in [-0.05, 0) is 37.6 Å². The second kappa shape index (κ2) is 6.77. The Kier molecular flexibility index (Phi) is 5.64. The Morgan fingerprint density at radius 2 is 2.12 bits per heavy atom. The maximum atomic E-state index is 5.88. The molecular weight excluding hydrogens is 222 g/mol. The van der Waals surface area contributed by atoms with E-state index in [-0.39, 0.29) is 0 Å². The van der Waals surface area contributed by atoms with Crippen LogP contribution in [-0.2, 0) is 0 Å². The van der Waals surface area contributed by atoms with Gasteiger partial charge >= 0.3 is 0 Å². The van der Waals surface area contributed by atoms with Crippen LogP contribution < -0.4 is 10.1 Å². The molecule has 0 saturated carbocycles. The van der Waals surface area contributed by atoms with Crippen molar-refractivity contribution in [2.45, 2.75) is 26.3 Å². The number of nitrogens with one attached hydrogen (secondary N) is 1. The lowest BCUT2D eigenvalue weighted by Crippen LogP contribution is -2.32.